The molecular formula is C18H18N2O5. The van der Waals surface area contributed by atoms with Gasteiger partial charge in [0.1, 0.15) is 5.75 Å². The summed E-state index contributed by atoms with van der Waals surface area (Å²) in [6.07, 6.45) is -0.960. The Morgan fingerprint density at radius 3 is 2.28 bits per heavy atom. The van der Waals surface area contributed by atoms with E-state index < -0.39 is 23.9 Å². The largest absolute Gasteiger partial charge is 0.484 e. The number of hydrogen-bond acceptors (Lipinski definition) is 5. The van der Waals surface area contributed by atoms with Crippen molar-refractivity contribution < 1.29 is 23.9 Å². The molecule has 2 aromatic rings. The number of esters is 1. The third kappa shape index (κ3) is 5.65. The van der Waals surface area contributed by atoms with Crippen LogP contribution >= 0.6 is 0 Å². The Kier molecular flexibility index (Phi) is 6.11. The molecule has 1 atom stereocenters. The molecule has 0 bridgehead atoms. The van der Waals surface area contributed by atoms with Crippen molar-refractivity contribution in [3.63, 3.8) is 0 Å². The van der Waals surface area contributed by atoms with Crippen LogP contribution in [0.2, 0.25) is 0 Å². The summed E-state index contributed by atoms with van der Waals surface area (Å²) < 4.78 is 10.2. The highest BCUT2D eigenvalue weighted by Crippen LogP contribution is 2.14. The van der Waals surface area contributed by atoms with Gasteiger partial charge in [-0.25, -0.2) is 4.79 Å². The summed E-state index contributed by atoms with van der Waals surface area (Å²) in [4.78, 5) is 34.8. The zero-order valence-electron chi connectivity index (χ0n) is 13.6. The maximum Gasteiger partial charge on any atom is 0.338 e. The summed E-state index contributed by atoms with van der Waals surface area (Å²) in [6, 6.07) is 14.8. The van der Waals surface area contributed by atoms with Crippen molar-refractivity contribution in [1.29, 1.82) is 0 Å². The average Bonchev–Trinajstić information content (AvgIpc) is 2.61. The van der Waals surface area contributed by atoms with Crippen LogP contribution in [0.3, 0.4) is 0 Å². The zero-order valence-corrected chi connectivity index (χ0v) is 13.6. The van der Waals surface area contributed by atoms with Crippen LogP contribution in [0.5, 0.6) is 5.75 Å². The minimum absolute atomic E-state index is 0.250. The number of carbonyl (C=O) groups excluding carboxylic acids is 3. The zero-order chi connectivity index (χ0) is 18.2. The lowest BCUT2D eigenvalue weighted by Crippen LogP contribution is -2.29. The Bertz CT molecular complexity index is 744. The fourth-order valence-electron chi connectivity index (χ4n) is 1.89. The molecule has 2 aromatic carbocycles. The number of para-hydroxylation sites is 1. The van der Waals surface area contributed by atoms with E-state index >= 15 is 0 Å². The highest BCUT2D eigenvalue weighted by molar-refractivity contribution is 5.97. The normalized spacial score (nSPS) is 11.2. The van der Waals surface area contributed by atoms with Gasteiger partial charge in [0, 0.05) is 5.69 Å². The summed E-state index contributed by atoms with van der Waals surface area (Å²) in [7, 11) is 0. The van der Waals surface area contributed by atoms with E-state index in [9.17, 15) is 14.4 Å². The van der Waals surface area contributed by atoms with Crippen LogP contribution in [-0.4, -0.2) is 30.5 Å². The van der Waals surface area contributed by atoms with Gasteiger partial charge < -0.3 is 20.5 Å². The Morgan fingerprint density at radius 1 is 1.04 bits per heavy atom. The van der Waals surface area contributed by atoms with Gasteiger partial charge in [-0.05, 0) is 43.3 Å². The van der Waals surface area contributed by atoms with Crippen LogP contribution in [0.1, 0.15) is 17.3 Å². The lowest BCUT2D eigenvalue weighted by molar-refractivity contribution is -0.123. The molecule has 0 aliphatic heterocycles. The van der Waals surface area contributed by atoms with Crippen molar-refractivity contribution in [2.45, 2.75) is 13.0 Å². The highest BCUT2D eigenvalue weighted by atomic mass is 16.5. The molecule has 0 fully saturated rings. The minimum Gasteiger partial charge on any atom is -0.484 e. The number of nitrogens with one attached hydrogen (secondary N) is 1. The quantitative estimate of drug-likeness (QED) is 0.745. The summed E-state index contributed by atoms with van der Waals surface area (Å²) in [5.74, 6) is -1.27. The monoisotopic (exact) mass is 342 g/mol. The number of rotatable bonds is 7. The second kappa shape index (κ2) is 8.49. The average molecular weight is 342 g/mol. The molecule has 0 saturated heterocycles. The SMILES string of the molecule is CC(OC(=O)c1ccc(OCC(N)=O)cc1)C(=O)Nc1ccccc1. The molecule has 0 radical (unpaired) electrons. The molecule has 0 spiro atoms. The van der Waals surface area contributed by atoms with Gasteiger partial charge in [-0.2, -0.15) is 0 Å². The van der Waals surface area contributed by atoms with E-state index in [2.05, 4.69) is 5.32 Å². The number of anilines is 1. The summed E-state index contributed by atoms with van der Waals surface area (Å²) in [6.45, 7) is 1.24. The topological polar surface area (TPSA) is 108 Å². The third-order valence-electron chi connectivity index (χ3n) is 3.17. The number of benzene rings is 2. The fraction of sp³-hybridized carbons (Fsp3) is 0.167. The maximum atomic E-state index is 12.1. The summed E-state index contributed by atoms with van der Waals surface area (Å²) in [5, 5.41) is 2.66. The van der Waals surface area contributed by atoms with Crippen LogP contribution in [0.25, 0.3) is 0 Å². The molecule has 1 unspecified atom stereocenters. The second-order valence-corrected chi connectivity index (χ2v) is 5.18. The van der Waals surface area contributed by atoms with Gasteiger partial charge in [-0.1, -0.05) is 18.2 Å². The van der Waals surface area contributed by atoms with Crippen molar-refractivity contribution in [1.82, 2.24) is 0 Å². The first-order valence-corrected chi connectivity index (χ1v) is 7.54. The standard InChI is InChI=1S/C18H18N2O5/c1-12(17(22)20-14-5-3-2-4-6-14)25-18(23)13-7-9-15(10-8-13)24-11-16(19)21/h2-10,12H,11H2,1H3,(H2,19,21)(H,20,22). The first kappa shape index (κ1) is 18.0. The number of amides is 2. The molecular weight excluding hydrogens is 324 g/mol. The molecule has 3 N–H and O–H groups in total. The molecule has 2 amide bonds. The Balaban J connectivity index is 1.89. The molecule has 2 rings (SSSR count). The van der Waals surface area contributed by atoms with Crippen LogP contribution < -0.4 is 15.8 Å². The van der Waals surface area contributed by atoms with Crippen molar-refractivity contribution in [3.05, 3.63) is 60.2 Å². The number of nitrogens with two attached hydrogens (primary N) is 1. The fourth-order valence-corrected chi connectivity index (χ4v) is 1.89. The van der Waals surface area contributed by atoms with Gasteiger partial charge in [0.15, 0.2) is 12.7 Å². The van der Waals surface area contributed by atoms with Crippen LogP contribution in [0.15, 0.2) is 54.6 Å². The molecule has 7 heteroatoms. The molecule has 0 aliphatic carbocycles. The highest BCUT2D eigenvalue weighted by Gasteiger charge is 2.19. The van der Waals surface area contributed by atoms with E-state index in [1.54, 1.807) is 24.3 Å². The van der Waals surface area contributed by atoms with E-state index in [1.165, 1.54) is 31.2 Å². The number of hydrogen-bond donors (Lipinski definition) is 2. The number of carbonyl (C=O) groups is 3. The Morgan fingerprint density at radius 2 is 1.68 bits per heavy atom. The third-order valence-corrected chi connectivity index (χ3v) is 3.17. The van der Waals surface area contributed by atoms with Crippen molar-refractivity contribution in [2.75, 3.05) is 11.9 Å². The molecule has 25 heavy (non-hydrogen) atoms. The molecule has 0 aromatic heterocycles. The lowest BCUT2D eigenvalue weighted by atomic mass is 10.2. The minimum atomic E-state index is -0.960. The van der Waals surface area contributed by atoms with Crippen LogP contribution in [-0.2, 0) is 14.3 Å². The smallest absolute Gasteiger partial charge is 0.338 e. The van der Waals surface area contributed by atoms with Crippen LogP contribution in [0, 0.1) is 0 Å². The van der Waals surface area contributed by atoms with Crippen molar-refractivity contribution in [2.24, 2.45) is 5.73 Å². The Hall–Kier alpha value is -3.35. The van der Waals surface area contributed by atoms with E-state index in [-0.39, 0.29) is 12.2 Å². The van der Waals surface area contributed by atoms with E-state index in [0.717, 1.165) is 0 Å². The second-order valence-electron chi connectivity index (χ2n) is 5.18. The Labute approximate surface area is 144 Å². The van der Waals surface area contributed by atoms with Gasteiger partial charge in [0.05, 0.1) is 5.56 Å². The molecule has 130 valence electrons. The van der Waals surface area contributed by atoms with Crippen molar-refractivity contribution in [3.8, 4) is 5.75 Å². The van der Waals surface area contributed by atoms with E-state index in [4.69, 9.17) is 15.2 Å². The molecule has 0 saturated carbocycles. The first-order valence-electron chi connectivity index (χ1n) is 7.54. The lowest BCUT2D eigenvalue weighted by Gasteiger charge is -2.13. The van der Waals surface area contributed by atoms with Gasteiger partial charge in [-0.3, -0.25) is 9.59 Å². The molecule has 7 nitrogen and oxygen atoms in total. The maximum absolute atomic E-state index is 12.1. The molecule has 0 aliphatic rings. The summed E-state index contributed by atoms with van der Waals surface area (Å²) in [5.41, 5.74) is 5.85. The van der Waals surface area contributed by atoms with Crippen molar-refractivity contribution >= 4 is 23.5 Å². The first-order chi connectivity index (χ1) is 12.0. The number of primary amides is 1. The van der Waals surface area contributed by atoms with E-state index in [1.807, 2.05) is 6.07 Å². The predicted octanol–water partition coefficient (Wildman–Crippen LogP) is 1.73. The van der Waals surface area contributed by atoms with E-state index in [0.29, 0.717) is 11.4 Å². The van der Waals surface area contributed by atoms with Gasteiger partial charge in [0.2, 0.25) is 0 Å². The van der Waals surface area contributed by atoms with Crippen LogP contribution in [0.4, 0.5) is 5.69 Å². The molecule has 0 heterocycles. The predicted molar refractivity (Wildman–Crippen MR) is 91.1 cm³/mol. The van der Waals surface area contributed by atoms with Gasteiger partial charge in [-0.15, -0.1) is 0 Å². The summed E-state index contributed by atoms with van der Waals surface area (Å²) >= 11 is 0. The number of ether oxygens (including phenoxy) is 2. The van der Waals surface area contributed by atoms with Gasteiger partial charge >= 0.3 is 5.97 Å². The van der Waals surface area contributed by atoms with Gasteiger partial charge in [0.25, 0.3) is 11.8 Å².